The number of ether oxygens (including phenoxy) is 3. The third kappa shape index (κ3) is 7.64. The maximum atomic E-state index is 12.1. The summed E-state index contributed by atoms with van der Waals surface area (Å²) >= 11 is 0. The summed E-state index contributed by atoms with van der Waals surface area (Å²) in [5.41, 5.74) is 0.697. The molecule has 0 radical (unpaired) electrons. The number of esters is 1. The Morgan fingerprint density at radius 3 is 2.36 bits per heavy atom. The first-order valence-corrected chi connectivity index (χ1v) is 10.4. The van der Waals surface area contributed by atoms with E-state index in [1.54, 1.807) is 18.2 Å². The monoisotopic (exact) mass is 385 g/mol. The molecule has 5 nitrogen and oxygen atoms in total. The zero-order valence-electron chi connectivity index (χ0n) is 16.9. The molecule has 0 spiro atoms. The van der Waals surface area contributed by atoms with Gasteiger partial charge in [-0.3, -0.25) is 0 Å². The van der Waals surface area contributed by atoms with Gasteiger partial charge < -0.3 is 14.2 Å². The summed E-state index contributed by atoms with van der Waals surface area (Å²) in [6, 6.07) is 7.21. The molecule has 28 heavy (non-hydrogen) atoms. The van der Waals surface area contributed by atoms with Gasteiger partial charge in [0.15, 0.2) is 11.5 Å². The number of carbonyl (C=O) groups is 1. The molecular weight excluding hydrogens is 354 g/mol. The Kier molecular flexibility index (Phi) is 9.99. The van der Waals surface area contributed by atoms with E-state index in [1.807, 2.05) is 6.07 Å². The number of nitriles is 1. The topological polar surface area (TPSA) is 68.6 Å². The van der Waals surface area contributed by atoms with Crippen LogP contribution in [0, 0.1) is 11.3 Å². The van der Waals surface area contributed by atoms with E-state index in [4.69, 9.17) is 14.2 Å². The van der Waals surface area contributed by atoms with Crippen LogP contribution >= 0.6 is 0 Å². The molecule has 0 aliphatic carbocycles. The van der Waals surface area contributed by atoms with Crippen LogP contribution in [-0.2, 0) is 9.53 Å². The molecule has 1 aliphatic rings. The molecule has 0 bridgehead atoms. The van der Waals surface area contributed by atoms with Crippen molar-refractivity contribution in [1.29, 1.82) is 5.26 Å². The molecule has 0 fully saturated rings. The Hall–Kier alpha value is -2.48. The second-order valence-corrected chi connectivity index (χ2v) is 7.10. The zero-order valence-corrected chi connectivity index (χ0v) is 16.9. The molecule has 152 valence electrons. The molecule has 0 saturated carbocycles. The van der Waals surface area contributed by atoms with E-state index in [-0.39, 0.29) is 12.4 Å². The lowest BCUT2D eigenvalue weighted by molar-refractivity contribution is -0.138. The minimum atomic E-state index is -0.573. The number of carbonyl (C=O) groups excluding carboxylic acids is 1. The Morgan fingerprint density at radius 1 is 1.04 bits per heavy atom. The number of unbranched alkanes of at least 4 members (excludes halogenated alkanes) is 9. The van der Waals surface area contributed by atoms with Crippen LogP contribution in [0.4, 0.5) is 0 Å². The fraction of sp³-hybridized carbons (Fsp3) is 0.565. The molecule has 1 aliphatic heterocycles. The molecular formula is C23H31NO4. The van der Waals surface area contributed by atoms with E-state index in [0.29, 0.717) is 23.7 Å². The van der Waals surface area contributed by atoms with E-state index >= 15 is 0 Å². The second-order valence-electron chi connectivity index (χ2n) is 7.10. The number of fused-ring (bicyclic) bond motifs is 1. The molecule has 1 aromatic rings. The lowest BCUT2D eigenvalue weighted by Gasteiger charge is -2.05. The van der Waals surface area contributed by atoms with Gasteiger partial charge >= 0.3 is 5.97 Å². The molecule has 1 heterocycles. The largest absolute Gasteiger partial charge is 0.462 e. The first-order chi connectivity index (χ1) is 13.7. The SMILES string of the molecule is CCCCCCCCCCCCOC(=O)/C(C#N)=C/c1ccc2c(c1)OCO2. The van der Waals surface area contributed by atoms with E-state index < -0.39 is 5.97 Å². The first kappa shape index (κ1) is 21.8. The van der Waals surface area contributed by atoms with E-state index in [2.05, 4.69) is 6.92 Å². The van der Waals surface area contributed by atoms with Crippen molar-refractivity contribution < 1.29 is 19.0 Å². The fourth-order valence-electron chi connectivity index (χ4n) is 3.14. The molecule has 2 rings (SSSR count). The van der Waals surface area contributed by atoms with Crippen molar-refractivity contribution >= 4 is 12.0 Å². The van der Waals surface area contributed by atoms with Crippen molar-refractivity contribution in [3.8, 4) is 17.6 Å². The summed E-state index contributed by atoms with van der Waals surface area (Å²) in [5.74, 6) is 0.708. The molecule has 5 heteroatoms. The summed E-state index contributed by atoms with van der Waals surface area (Å²) in [4.78, 5) is 12.1. The summed E-state index contributed by atoms with van der Waals surface area (Å²) in [7, 11) is 0. The van der Waals surface area contributed by atoms with Gasteiger partial charge in [-0.05, 0) is 30.2 Å². The Bertz CT molecular complexity index is 690. The summed E-state index contributed by atoms with van der Waals surface area (Å²) in [6.07, 6.45) is 13.8. The minimum absolute atomic E-state index is 0.00838. The van der Waals surface area contributed by atoms with Crippen LogP contribution in [0.25, 0.3) is 6.08 Å². The van der Waals surface area contributed by atoms with Crippen LogP contribution in [0.3, 0.4) is 0 Å². The van der Waals surface area contributed by atoms with E-state index in [1.165, 1.54) is 57.4 Å². The second kappa shape index (κ2) is 12.8. The predicted octanol–water partition coefficient (Wildman–Crippen LogP) is 5.79. The standard InChI is InChI=1S/C23H31NO4/c1-2-3-4-5-6-7-8-9-10-11-14-26-23(25)20(17-24)15-19-12-13-21-22(16-19)28-18-27-21/h12-13,15-16H,2-11,14,18H2,1H3/b20-15+. The average Bonchev–Trinajstić information content (AvgIpc) is 3.18. The van der Waals surface area contributed by atoms with Crippen molar-refractivity contribution in [2.75, 3.05) is 13.4 Å². The maximum absolute atomic E-state index is 12.1. The smallest absolute Gasteiger partial charge is 0.348 e. The number of nitrogens with zero attached hydrogens (tertiary/aromatic N) is 1. The Morgan fingerprint density at radius 2 is 1.68 bits per heavy atom. The van der Waals surface area contributed by atoms with Crippen molar-refractivity contribution in [2.24, 2.45) is 0 Å². The van der Waals surface area contributed by atoms with Gasteiger partial charge in [-0.25, -0.2) is 4.79 Å². The average molecular weight is 386 g/mol. The molecule has 0 saturated heterocycles. The third-order valence-electron chi connectivity index (χ3n) is 4.78. The lowest BCUT2D eigenvalue weighted by Crippen LogP contribution is -2.08. The fourth-order valence-corrected chi connectivity index (χ4v) is 3.14. The van der Waals surface area contributed by atoms with Crippen LogP contribution < -0.4 is 9.47 Å². The highest BCUT2D eigenvalue weighted by Gasteiger charge is 2.15. The quantitative estimate of drug-likeness (QED) is 0.186. The Labute approximate surface area is 168 Å². The molecule has 0 N–H and O–H groups in total. The van der Waals surface area contributed by atoms with Gasteiger partial charge in [0.05, 0.1) is 6.61 Å². The highest BCUT2D eigenvalue weighted by molar-refractivity contribution is 5.97. The number of rotatable bonds is 13. The third-order valence-corrected chi connectivity index (χ3v) is 4.78. The van der Waals surface area contributed by atoms with Gasteiger partial charge in [0.1, 0.15) is 11.6 Å². The molecule has 0 atom stereocenters. The van der Waals surface area contributed by atoms with Crippen LogP contribution in [0.2, 0.25) is 0 Å². The van der Waals surface area contributed by atoms with Gasteiger partial charge in [-0.15, -0.1) is 0 Å². The van der Waals surface area contributed by atoms with Crippen molar-refractivity contribution in [3.05, 3.63) is 29.3 Å². The molecule has 0 unspecified atom stereocenters. The van der Waals surface area contributed by atoms with Crippen molar-refractivity contribution in [1.82, 2.24) is 0 Å². The highest BCUT2D eigenvalue weighted by atomic mass is 16.7. The van der Waals surface area contributed by atoms with Crippen LogP contribution in [0.15, 0.2) is 23.8 Å². The number of hydrogen-bond acceptors (Lipinski definition) is 5. The summed E-state index contributed by atoms with van der Waals surface area (Å²) in [6.45, 7) is 2.78. The van der Waals surface area contributed by atoms with Crippen LogP contribution in [0.1, 0.15) is 76.7 Å². The van der Waals surface area contributed by atoms with Crippen molar-refractivity contribution in [2.45, 2.75) is 71.1 Å². The minimum Gasteiger partial charge on any atom is -0.462 e. The van der Waals surface area contributed by atoms with Gasteiger partial charge in [-0.2, -0.15) is 5.26 Å². The zero-order chi connectivity index (χ0) is 20.0. The van der Waals surface area contributed by atoms with Gasteiger partial charge in [-0.1, -0.05) is 70.8 Å². The number of hydrogen-bond donors (Lipinski definition) is 0. The van der Waals surface area contributed by atoms with Crippen LogP contribution in [0.5, 0.6) is 11.5 Å². The molecule has 1 aromatic carbocycles. The predicted molar refractivity (Wildman–Crippen MR) is 109 cm³/mol. The normalized spacial score (nSPS) is 12.6. The highest BCUT2D eigenvalue weighted by Crippen LogP contribution is 2.33. The summed E-state index contributed by atoms with van der Waals surface area (Å²) in [5, 5.41) is 9.25. The van der Waals surface area contributed by atoms with Crippen molar-refractivity contribution in [3.63, 3.8) is 0 Å². The Balaban J connectivity index is 1.61. The van der Waals surface area contributed by atoms with Gasteiger partial charge in [0, 0.05) is 0 Å². The first-order valence-electron chi connectivity index (χ1n) is 10.4. The molecule has 0 amide bonds. The van der Waals surface area contributed by atoms with E-state index in [9.17, 15) is 10.1 Å². The number of benzene rings is 1. The van der Waals surface area contributed by atoms with Crippen LogP contribution in [-0.4, -0.2) is 19.4 Å². The van der Waals surface area contributed by atoms with E-state index in [0.717, 1.165) is 12.8 Å². The lowest BCUT2D eigenvalue weighted by atomic mass is 10.1. The maximum Gasteiger partial charge on any atom is 0.348 e. The van der Waals surface area contributed by atoms with Gasteiger partial charge in [0.25, 0.3) is 0 Å². The van der Waals surface area contributed by atoms with Gasteiger partial charge in [0.2, 0.25) is 6.79 Å². The molecule has 0 aromatic heterocycles. The summed E-state index contributed by atoms with van der Waals surface area (Å²) < 4.78 is 15.8.